The Bertz CT molecular complexity index is 683. The minimum atomic E-state index is -0.00726. The first-order chi connectivity index (χ1) is 10.9. The quantitative estimate of drug-likeness (QED) is 0.820. The largest absolute Gasteiger partial charge is 0.355 e. The van der Waals surface area contributed by atoms with E-state index >= 15 is 0 Å². The number of nitrogens with zero attached hydrogens (tertiary/aromatic N) is 2. The summed E-state index contributed by atoms with van der Waals surface area (Å²) in [5.74, 6) is 0.269. The molecule has 24 heavy (non-hydrogen) atoms. The molecule has 0 spiro atoms. The molecule has 2 aromatic rings. The Labute approximate surface area is 154 Å². The van der Waals surface area contributed by atoms with E-state index in [2.05, 4.69) is 10.4 Å². The zero-order valence-corrected chi connectivity index (χ0v) is 15.7. The molecule has 0 saturated heterocycles. The third-order valence-corrected chi connectivity index (χ3v) is 4.15. The fraction of sp³-hybridized carbons (Fsp3) is 0.412. The molecule has 0 bridgehead atoms. The number of halogens is 2. The van der Waals surface area contributed by atoms with E-state index in [-0.39, 0.29) is 24.2 Å². The lowest BCUT2D eigenvalue weighted by atomic mass is 10.1. The summed E-state index contributed by atoms with van der Waals surface area (Å²) < 4.78 is 1.84. The molecular weight excluding hydrogens is 347 g/mol. The molecule has 0 aliphatic heterocycles. The van der Waals surface area contributed by atoms with Gasteiger partial charge in [0.05, 0.1) is 17.8 Å². The van der Waals surface area contributed by atoms with Crippen LogP contribution in [0.5, 0.6) is 0 Å². The van der Waals surface area contributed by atoms with Crippen molar-refractivity contribution < 1.29 is 4.79 Å². The second-order valence-corrected chi connectivity index (χ2v) is 6.30. The van der Waals surface area contributed by atoms with Crippen LogP contribution in [0.15, 0.2) is 24.3 Å². The lowest BCUT2D eigenvalue weighted by molar-refractivity contribution is -0.120. The maximum atomic E-state index is 12.1. The van der Waals surface area contributed by atoms with Gasteiger partial charge in [-0.3, -0.25) is 4.79 Å². The van der Waals surface area contributed by atoms with Gasteiger partial charge in [-0.2, -0.15) is 5.10 Å². The van der Waals surface area contributed by atoms with Crippen molar-refractivity contribution in [2.75, 3.05) is 13.1 Å². The van der Waals surface area contributed by atoms with Gasteiger partial charge in [0.2, 0.25) is 5.91 Å². The molecule has 132 valence electrons. The van der Waals surface area contributed by atoms with E-state index in [0.29, 0.717) is 24.5 Å². The van der Waals surface area contributed by atoms with Crippen molar-refractivity contribution >= 4 is 29.9 Å². The van der Waals surface area contributed by atoms with Crippen LogP contribution in [0.25, 0.3) is 5.69 Å². The Morgan fingerprint density at radius 1 is 1.33 bits per heavy atom. The first-order valence-corrected chi connectivity index (χ1v) is 8.08. The van der Waals surface area contributed by atoms with E-state index < -0.39 is 0 Å². The van der Waals surface area contributed by atoms with Crippen molar-refractivity contribution in [3.05, 3.63) is 46.2 Å². The summed E-state index contributed by atoms with van der Waals surface area (Å²) in [6, 6.07) is 7.48. The second kappa shape index (κ2) is 9.06. The van der Waals surface area contributed by atoms with Crippen LogP contribution < -0.4 is 11.1 Å². The van der Waals surface area contributed by atoms with Crippen LogP contribution in [-0.2, 0) is 11.2 Å². The van der Waals surface area contributed by atoms with Crippen LogP contribution in [0.4, 0.5) is 0 Å². The maximum absolute atomic E-state index is 12.1. The first kappa shape index (κ1) is 20.5. The van der Waals surface area contributed by atoms with Crippen LogP contribution >= 0.6 is 24.0 Å². The van der Waals surface area contributed by atoms with Crippen LogP contribution in [0.1, 0.15) is 23.9 Å². The number of aryl methyl sites for hydroxylation is 1. The molecule has 0 saturated carbocycles. The molecule has 2 rings (SSSR count). The summed E-state index contributed by atoms with van der Waals surface area (Å²) in [7, 11) is 0. The molecule has 1 aromatic heterocycles. The molecule has 0 fully saturated rings. The van der Waals surface area contributed by atoms with Crippen LogP contribution in [-0.4, -0.2) is 28.8 Å². The van der Waals surface area contributed by atoms with Crippen molar-refractivity contribution in [2.24, 2.45) is 11.7 Å². The minimum Gasteiger partial charge on any atom is -0.355 e. The average Bonchev–Trinajstić information content (AvgIpc) is 2.81. The third kappa shape index (κ3) is 4.97. The predicted molar refractivity (Wildman–Crippen MR) is 100 cm³/mol. The van der Waals surface area contributed by atoms with Gasteiger partial charge < -0.3 is 11.1 Å². The number of aromatic nitrogens is 2. The number of nitrogens with two attached hydrogens (primary N) is 1. The molecule has 1 atom stereocenters. The Morgan fingerprint density at radius 3 is 2.54 bits per heavy atom. The number of benzene rings is 1. The number of hydrogen-bond acceptors (Lipinski definition) is 3. The summed E-state index contributed by atoms with van der Waals surface area (Å²) in [6.07, 6.45) is 0.322. The highest BCUT2D eigenvalue weighted by Gasteiger charge is 2.16. The van der Waals surface area contributed by atoms with E-state index in [9.17, 15) is 4.79 Å². The Kier molecular flexibility index (Phi) is 7.73. The lowest BCUT2D eigenvalue weighted by Crippen LogP contribution is -2.32. The molecule has 5 nitrogen and oxygen atoms in total. The Morgan fingerprint density at radius 2 is 1.96 bits per heavy atom. The molecular formula is C17H24Cl2N4O. The smallest absolute Gasteiger partial charge is 0.224 e. The Balaban J connectivity index is 0.00000288. The standard InChI is InChI=1S/C17H23ClN4O.ClH/c1-11(9-19)10-20-17(23)8-16-12(2)21-22(13(16)3)15-6-4-14(18)5-7-15;/h4-7,11H,8-10,19H2,1-3H3,(H,20,23);1H. The van der Waals surface area contributed by atoms with Gasteiger partial charge in [0.25, 0.3) is 0 Å². The number of hydrogen-bond donors (Lipinski definition) is 2. The zero-order chi connectivity index (χ0) is 17.0. The fourth-order valence-corrected chi connectivity index (χ4v) is 2.48. The highest BCUT2D eigenvalue weighted by atomic mass is 35.5. The van der Waals surface area contributed by atoms with Gasteiger partial charge >= 0.3 is 0 Å². The topological polar surface area (TPSA) is 72.9 Å². The molecule has 0 aliphatic carbocycles. The molecule has 3 N–H and O–H groups in total. The summed E-state index contributed by atoms with van der Waals surface area (Å²) in [5, 5.41) is 8.15. The highest BCUT2D eigenvalue weighted by Crippen LogP contribution is 2.20. The fourth-order valence-electron chi connectivity index (χ4n) is 2.36. The third-order valence-electron chi connectivity index (χ3n) is 3.90. The van der Waals surface area contributed by atoms with Gasteiger partial charge in [-0.15, -0.1) is 12.4 Å². The van der Waals surface area contributed by atoms with E-state index in [1.807, 2.05) is 49.7 Å². The highest BCUT2D eigenvalue weighted by molar-refractivity contribution is 6.30. The molecule has 1 aromatic carbocycles. The number of amides is 1. The van der Waals surface area contributed by atoms with Crippen molar-refractivity contribution in [1.29, 1.82) is 0 Å². The van der Waals surface area contributed by atoms with Crippen molar-refractivity contribution in [1.82, 2.24) is 15.1 Å². The van der Waals surface area contributed by atoms with Crippen molar-refractivity contribution in [3.8, 4) is 5.69 Å². The molecule has 1 unspecified atom stereocenters. The number of carbonyl (C=O) groups is 1. The average molecular weight is 371 g/mol. The summed E-state index contributed by atoms with van der Waals surface area (Å²) >= 11 is 5.92. The first-order valence-electron chi connectivity index (χ1n) is 7.70. The number of carbonyl (C=O) groups excluding carboxylic acids is 1. The molecule has 1 heterocycles. The normalized spacial score (nSPS) is 11.7. The summed E-state index contributed by atoms with van der Waals surface area (Å²) in [6.45, 7) is 7.06. The number of rotatable bonds is 6. The van der Waals surface area contributed by atoms with Crippen molar-refractivity contribution in [2.45, 2.75) is 27.2 Å². The van der Waals surface area contributed by atoms with Gasteiger partial charge in [-0.05, 0) is 50.6 Å². The SMILES string of the molecule is Cc1nn(-c2ccc(Cl)cc2)c(C)c1CC(=O)NCC(C)CN.Cl. The summed E-state index contributed by atoms with van der Waals surface area (Å²) in [5.41, 5.74) is 9.27. The maximum Gasteiger partial charge on any atom is 0.224 e. The van der Waals surface area contributed by atoms with Crippen LogP contribution in [0.3, 0.4) is 0 Å². The lowest BCUT2D eigenvalue weighted by Gasteiger charge is -2.10. The monoisotopic (exact) mass is 370 g/mol. The molecule has 1 amide bonds. The predicted octanol–water partition coefficient (Wildman–Crippen LogP) is 2.82. The van der Waals surface area contributed by atoms with E-state index in [4.69, 9.17) is 17.3 Å². The Hall–Kier alpha value is -1.56. The molecule has 7 heteroatoms. The molecule has 0 radical (unpaired) electrons. The molecule has 0 aliphatic rings. The van der Waals surface area contributed by atoms with Crippen LogP contribution in [0.2, 0.25) is 5.02 Å². The number of nitrogens with one attached hydrogen (secondary N) is 1. The van der Waals surface area contributed by atoms with Gasteiger partial charge in [0.15, 0.2) is 0 Å². The second-order valence-electron chi connectivity index (χ2n) is 5.86. The van der Waals surface area contributed by atoms with Crippen molar-refractivity contribution in [3.63, 3.8) is 0 Å². The van der Waals surface area contributed by atoms with Gasteiger partial charge in [0.1, 0.15) is 0 Å². The minimum absolute atomic E-state index is 0. The van der Waals surface area contributed by atoms with E-state index in [1.54, 1.807) is 0 Å². The summed E-state index contributed by atoms with van der Waals surface area (Å²) in [4.78, 5) is 12.1. The van der Waals surface area contributed by atoms with Gasteiger partial charge in [-0.25, -0.2) is 4.68 Å². The zero-order valence-electron chi connectivity index (χ0n) is 14.2. The van der Waals surface area contributed by atoms with Gasteiger partial charge in [0, 0.05) is 22.8 Å². The van der Waals surface area contributed by atoms with Gasteiger partial charge in [-0.1, -0.05) is 18.5 Å². The van der Waals surface area contributed by atoms with Crippen LogP contribution in [0, 0.1) is 19.8 Å². The van der Waals surface area contributed by atoms with E-state index in [1.165, 1.54) is 0 Å². The van der Waals surface area contributed by atoms with E-state index in [0.717, 1.165) is 22.6 Å².